The molecule has 6 heteroatoms. The van der Waals surface area contributed by atoms with Gasteiger partial charge in [-0.25, -0.2) is 0 Å². The van der Waals surface area contributed by atoms with Gasteiger partial charge in [-0.2, -0.15) is 0 Å². The van der Waals surface area contributed by atoms with Crippen molar-refractivity contribution >= 4 is 40.8 Å². The first-order valence-electron chi connectivity index (χ1n) is 5.55. The fraction of sp³-hybridized carbons (Fsp3) is 0.0714. The van der Waals surface area contributed by atoms with Gasteiger partial charge in [-0.15, -0.1) is 0 Å². The van der Waals surface area contributed by atoms with Crippen molar-refractivity contribution in [1.82, 2.24) is 0 Å². The second-order valence-electron chi connectivity index (χ2n) is 3.95. The topological polar surface area (TPSA) is 49.4 Å². The number of carboxylic acids is 1. The van der Waals surface area contributed by atoms with Crippen molar-refractivity contribution in [2.24, 2.45) is 0 Å². The number of halogens is 3. The highest BCUT2D eigenvalue weighted by molar-refractivity contribution is 6.35. The molecule has 104 valence electrons. The lowest BCUT2D eigenvalue weighted by molar-refractivity contribution is -0.255. The molecule has 0 saturated carbocycles. The van der Waals surface area contributed by atoms with E-state index in [1.165, 1.54) is 18.2 Å². The van der Waals surface area contributed by atoms with Crippen LogP contribution in [0.5, 0.6) is 5.75 Å². The van der Waals surface area contributed by atoms with Crippen LogP contribution in [0.15, 0.2) is 36.4 Å². The molecule has 0 bridgehead atoms. The molecule has 0 aliphatic carbocycles. The average Bonchev–Trinajstić information content (AvgIpc) is 2.38. The van der Waals surface area contributed by atoms with E-state index in [4.69, 9.17) is 39.5 Å². The number of benzene rings is 2. The Balaban J connectivity index is 2.20. The minimum absolute atomic E-state index is 0.109. The van der Waals surface area contributed by atoms with E-state index in [9.17, 15) is 9.90 Å². The quantitative estimate of drug-likeness (QED) is 0.861. The molecule has 0 spiro atoms. The van der Waals surface area contributed by atoms with Gasteiger partial charge in [0.1, 0.15) is 12.4 Å². The Morgan fingerprint density at radius 2 is 1.70 bits per heavy atom. The molecule has 0 heterocycles. The summed E-state index contributed by atoms with van der Waals surface area (Å²) in [6, 6.07) is 9.25. The monoisotopic (exact) mass is 329 g/mol. The van der Waals surface area contributed by atoms with Gasteiger partial charge in [-0.05, 0) is 30.3 Å². The zero-order chi connectivity index (χ0) is 14.7. The molecule has 2 aromatic carbocycles. The fourth-order valence-corrected chi connectivity index (χ4v) is 2.22. The minimum atomic E-state index is -1.36. The molecule has 0 amide bonds. The highest BCUT2D eigenvalue weighted by atomic mass is 35.5. The number of carbonyl (C=O) groups is 1. The molecule has 0 fully saturated rings. The van der Waals surface area contributed by atoms with Gasteiger partial charge in [0.25, 0.3) is 0 Å². The maximum atomic E-state index is 11.0. The molecule has 0 saturated heterocycles. The van der Waals surface area contributed by atoms with Crippen molar-refractivity contribution in [2.75, 3.05) is 0 Å². The van der Waals surface area contributed by atoms with E-state index in [0.29, 0.717) is 20.6 Å². The number of ether oxygens (including phenoxy) is 1. The molecule has 0 aliphatic rings. The lowest BCUT2D eigenvalue weighted by Crippen LogP contribution is -2.23. The molecular weight excluding hydrogens is 323 g/mol. The number of rotatable bonds is 4. The van der Waals surface area contributed by atoms with Gasteiger partial charge in [0.2, 0.25) is 0 Å². The van der Waals surface area contributed by atoms with Crippen LogP contribution < -0.4 is 9.84 Å². The predicted octanol–water partition coefficient (Wildman–Crippen LogP) is 3.59. The van der Waals surface area contributed by atoms with E-state index in [1.54, 1.807) is 18.2 Å². The van der Waals surface area contributed by atoms with Crippen LogP contribution in [0.4, 0.5) is 0 Å². The van der Waals surface area contributed by atoms with Crippen LogP contribution in [0, 0.1) is 0 Å². The Bertz CT molecular complexity index is 656. The van der Waals surface area contributed by atoms with E-state index in [2.05, 4.69) is 0 Å². The van der Waals surface area contributed by atoms with Crippen molar-refractivity contribution in [2.45, 2.75) is 6.61 Å². The van der Waals surface area contributed by atoms with Crippen LogP contribution in [-0.4, -0.2) is 5.97 Å². The first-order valence-corrected chi connectivity index (χ1v) is 6.68. The second-order valence-corrected chi connectivity index (χ2v) is 5.23. The van der Waals surface area contributed by atoms with Gasteiger partial charge >= 0.3 is 0 Å². The summed E-state index contributed by atoms with van der Waals surface area (Å²) in [7, 11) is 0. The maximum Gasteiger partial charge on any atom is 0.128 e. The van der Waals surface area contributed by atoms with Gasteiger partial charge in [0.15, 0.2) is 0 Å². The molecule has 0 atom stereocenters. The largest absolute Gasteiger partial charge is 0.545 e. The standard InChI is InChI=1S/C14H9Cl3O3/c15-9-3-4-13(11(5-9)14(18)19)20-7-8-1-2-10(16)6-12(8)17/h1-6H,7H2,(H,18,19)/p-1. The number of hydrogen-bond acceptors (Lipinski definition) is 3. The van der Waals surface area contributed by atoms with Gasteiger partial charge in [0.05, 0.1) is 5.97 Å². The van der Waals surface area contributed by atoms with Crippen molar-refractivity contribution in [3.63, 3.8) is 0 Å². The zero-order valence-electron chi connectivity index (χ0n) is 10.0. The Hall–Kier alpha value is -1.42. The average molecular weight is 331 g/mol. The molecule has 0 aromatic heterocycles. The lowest BCUT2D eigenvalue weighted by Gasteiger charge is -2.13. The fourth-order valence-electron chi connectivity index (χ4n) is 1.58. The van der Waals surface area contributed by atoms with Crippen LogP contribution in [0.3, 0.4) is 0 Å². The Labute approximate surface area is 130 Å². The van der Waals surface area contributed by atoms with E-state index in [1.807, 2.05) is 0 Å². The number of carbonyl (C=O) groups excluding carboxylic acids is 1. The van der Waals surface area contributed by atoms with Crippen LogP contribution in [0.25, 0.3) is 0 Å². The predicted molar refractivity (Wildman–Crippen MR) is 76.6 cm³/mol. The summed E-state index contributed by atoms with van der Waals surface area (Å²) in [6.45, 7) is 0.109. The van der Waals surface area contributed by atoms with Gasteiger partial charge < -0.3 is 14.6 Å². The molecule has 2 aromatic rings. The molecule has 0 aliphatic heterocycles. The summed E-state index contributed by atoms with van der Waals surface area (Å²) in [6.07, 6.45) is 0. The third kappa shape index (κ3) is 3.57. The summed E-state index contributed by atoms with van der Waals surface area (Å²) in [5.41, 5.74) is 0.581. The van der Waals surface area contributed by atoms with Gasteiger partial charge in [-0.1, -0.05) is 40.9 Å². The maximum absolute atomic E-state index is 11.0. The van der Waals surface area contributed by atoms with E-state index in [0.717, 1.165) is 0 Å². The van der Waals surface area contributed by atoms with E-state index in [-0.39, 0.29) is 17.9 Å². The smallest absolute Gasteiger partial charge is 0.128 e. The van der Waals surface area contributed by atoms with E-state index >= 15 is 0 Å². The van der Waals surface area contributed by atoms with Crippen LogP contribution in [-0.2, 0) is 6.61 Å². The first-order chi connectivity index (χ1) is 9.47. The summed E-state index contributed by atoms with van der Waals surface area (Å²) in [5.74, 6) is -1.19. The van der Waals surface area contributed by atoms with Crippen LogP contribution >= 0.6 is 34.8 Å². The summed E-state index contributed by atoms with van der Waals surface area (Å²) < 4.78 is 5.45. The van der Waals surface area contributed by atoms with Gasteiger partial charge in [0, 0.05) is 26.2 Å². The molecule has 0 N–H and O–H groups in total. The number of hydrogen-bond donors (Lipinski definition) is 0. The first kappa shape index (κ1) is 15.0. The summed E-state index contributed by atoms with van der Waals surface area (Å²) in [4.78, 5) is 11.0. The molecule has 2 rings (SSSR count). The molecule has 3 nitrogen and oxygen atoms in total. The van der Waals surface area contributed by atoms with Crippen molar-refractivity contribution < 1.29 is 14.6 Å². The lowest BCUT2D eigenvalue weighted by atomic mass is 10.2. The molecule has 20 heavy (non-hydrogen) atoms. The Morgan fingerprint density at radius 3 is 2.35 bits per heavy atom. The SMILES string of the molecule is O=C([O-])c1cc(Cl)ccc1OCc1ccc(Cl)cc1Cl. The van der Waals surface area contributed by atoms with Crippen molar-refractivity contribution in [3.8, 4) is 5.75 Å². The molecular formula is C14H8Cl3O3-. The number of carboxylic acid groups (broad SMARTS) is 1. The zero-order valence-corrected chi connectivity index (χ0v) is 12.3. The second kappa shape index (κ2) is 6.35. The summed E-state index contributed by atoms with van der Waals surface area (Å²) in [5, 5.41) is 12.3. The third-order valence-corrected chi connectivity index (χ3v) is 3.38. The molecule has 0 unspecified atom stereocenters. The summed E-state index contributed by atoms with van der Waals surface area (Å²) >= 11 is 17.5. The molecule has 0 radical (unpaired) electrons. The van der Waals surface area contributed by atoms with Crippen molar-refractivity contribution in [1.29, 1.82) is 0 Å². The van der Waals surface area contributed by atoms with E-state index < -0.39 is 5.97 Å². The minimum Gasteiger partial charge on any atom is -0.545 e. The van der Waals surface area contributed by atoms with Crippen LogP contribution in [0.1, 0.15) is 15.9 Å². The number of aromatic carboxylic acids is 1. The highest BCUT2D eigenvalue weighted by Gasteiger charge is 2.08. The Morgan fingerprint density at radius 1 is 1.05 bits per heavy atom. The normalized spacial score (nSPS) is 10.3. The van der Waals surface area contributed by atoms with Gasteiger partial charge in [-0.3, -0.25) is 0 Å². The highest BCUT2D eigenvalue weighted by Crippen LogP contribution is 2.26. The van der Waals surface area contributed by atoms with Crippen LogP contribution in [0.2, 0.25) is 15.1 Å². The third-order valence-electron chi connectivity index (χ3n) is 2.56. The van der Waals surface area contributed by atoms with Crippen molar-refractivity contribution in [3.05, 3.63) is 62.6 Å². The Kier molecular flexibility index (Phi) is 4.76.